The monoisotopic (exact) mass is 263 g/mol. The molecule has 0 spiro atoms. The van der Waals surface area contributed by atoms with E-state index in [0.29, 0.717) is 12.1 Å². The SMILES string of the molecule is CCCCC1CC(NCC)c2cc(OC)ccc2O1. The van der Waals surface area contributed by atoms with E-state index < -0.39 is 0 Å². The van der Waals surface area contributed by atoms with Crippen LogP contribution in [0, 0.1) is 0 Å². The summed E-state index contributed by atoms with van der Waals surface area (Å²) in [5, 5.41) is 3.56. The molecule has 1 aromatic rings. The van der Waals surface area contributed by atoms with Crippen LogP contribution in [0.3, 0.4) is 0 Å². The Hall–Kier alpha value is -1.22. The second-order valence-electron chi connectivity index (χ2n) is 5.13. The maximum atomic E-state index is 6.11. The summed E-state index contributed by atoms with van der Waals surface area (Å²) in [6.07, 6.45) is 4.98. The first kappa shape index (κ1) is 14.2. The van der Waals surface area contributed by atoms with Gasteiger partial charge in [0.25, 0.3) is 0 Å². The van der Waals surface area contributed by atoms with E-state index in [-0.39, 0.29) is 0 Å². The molecule has 1 N–H and O–H groups in total. The number of unbranched alkanes of at least 4 members (excludes halogenated alkanes) is 1. The van der Waals surface area contributed by atoms with E-state index in [1.165, 1.54) is 18.4 Å². The summed E-state index contributed by atoms with van der Waals surface area (Å²) >= 11 is 0. The highest BCUT2D eigenvalue weighted by molar-refractivity contribution is 5.43. The van der Waals surface area contributed by atoms with E-state index in [4.69, 9.17) is 9.47 Å². The van der Waals surface area contributed by atoms with Gasteiger partial charge in [0.05, 0.1) is 7.11 Å². The number of hydrogen-bond donors (Lipinski definition) is 1. The molecule has 0 fully saturated rings. The van der Waals surface area contributed by atoms with Crippen LogP contribution < -0.4 is 14.8 Å². The molecular formula is C16H25NO2. The number of methoxy groups -OCH3 is 1. The van der Waals surface area contributed by atoms with Gasteiger partial charge in [0, 0.05) is 18.0 Å². The number of benzene rings is 1. The first-order valence-corrected chi connectivity index (χ1v) is 7.36. The number of fused-ring (bicyclic) bond motifs is 1. The fourth-order valence-electron chi connectivity index (χ4n) is 2.70. The Bertz CT molecular complexity index is 406. The van der Waals surface area contributed by atoms with E-state index in [0.717, 1.165) is 30.9 Å². The van der Waals surface area contributed by atoms with E-state index >= 15 is 0 Å². The minimum absolute atomic E-state index is 0.338. The molecule has 1 aliphatic heterocycles. The largest absolute Gasteiger partial charge is 0.497 e. The predicted octanol–water partition coefficient (Wildman–Crippen LogP) is 3.69. The Kier molecular flexibility index (Phi) is 5.08. The zero-order valence-electron chi connectivity index (χ0n) is 12.2. The van der Waals surface area contributed by atoms with Crippen molar-refractivity contribution in [3.05, 3.63) is 23.8 Å². The van der Waals surface area contributed by atoms with Gasteiger partial charge in [-0.05, 0) is 31.2 Å². The molecule has 2 atom stereocenters. The van der Waals surface area contributed by atoms with Gasteiger partial charge in [0.15, 0.2) is 0 Å². The molecule has 0 radical (unpaired) electrons. The van der Waals surface area contributed by atoms with Gasteiger partial charge < -0.3 is 14.8 Å². The second kappa shape index (κ2) is 6.80. The van der Waals surface area contributed by atoms with Crippen molar-refractivity contribution in [2.45, 2.75) is 51.7 Å². The van der Waals surface area contributed by atoms with Crippen LogP contribution >= 0.6 is 0 Å². The minimum atomic E-state index is 0.338. The molecular weight excluding hydrogens is 238 g/mol. The first-order valence-electron chi connectivity index (χ1n) is 7.36. The topological polar surface area (TPSA) is 30.5 Å². The van der Waals surface area contributed by atoms with Crippen molar-refractivity contribution >= 4 is 0 Å². The van der Waals surface area contributed by atoms with Gasteiger partial charge in [-0.15, -0.1) is 0 Å². The van der Waals surface area contributed by atoms with Gasteiger partial charge in [-0.1, -0.05) is 26.7 Å². The fourth-order valence-corrected chi connectivity index (χ4v) is 2.70. The van der Waals surface area contributed by atoms with Crippen LogP contribution in [-0.2, 0) is 0 Å². The predicted molar refractivity (Wildman–Crippen MR) is 78.0 cm³/mol. The van der Waals surface area contributed by atoms with Crippen LogP contribution in [0.2, 0.25) is 0 Å². The van der Waals surface area contributed by atoms with E-state index in [9.17, 15) is 0 Å². The molecule has 2 rings (SSSR count). The Morgan fingerprint density at radius 3 is 2.89 bits per heavy atom. The molecule has 0 saturated heterocycles. The van der Waals surface area contributed by atoms with Crippen LogP contribution in [-0.4, -0.2) is 19.8 Å². The summed E-state index contributed by atoms with van der Waals surface area (Å²) < 4.78 is 11.4. The molecule has 3 heteroatoms. The Labute approximate surface area is 116 Å². The number of nitrogens with one attached hydrogen (secondary N) is 1. The summed E-state index contributed by atoms with van der Waals surface area (Å²) in [5.41, 5.74) is 1.23. The number of rotatable bonds is 6. The van der Waals surface area contributed by atoms with Crippen molar-refractivity contribution in [3.8, 4) is 11.5 Å². The summed E-state index contributed by atoms with van der Waals surface area (Å²) in [7, 11) is 1.71. The summed E-state index contributed by atoms with van der Waals surface area (Å²) in [5.74, 6) is 1.91. The first-order chi connectivity index (χ1) is 9.28. The lowest BCUT2D eigenvalue weighted by atomic mass is 9.94. The normalized spacial score (nSPS) is 21.6. The zero-order valence-corrected chi connectivity index (χ0v) is 12.2. The average Bonchev–Trinajstić information content (AvgIpc) is 2.45. The van der Waals surface area contributed by atoms with Crippen molar-refractivity contribution in [2.75, 3.05) is 13.7 Å². The second-order valence-corrected chi connectivity index (χ2v) is 5.13. The third kappa shape index (κ3) is 3.41. The van der Waals surface area contributed by atoms with Crippen LogP contribution in [0.25, 0.3) is 0 Å². The molecule has 19 heavy (non-hydrogen) atoms. The van der Waals surface area contributed by atoms with E-state index in [1.807, 2.05) is 12.1 Å². The molecule has 1 heterocycles. The molecule has 0 aromatic heterocycles. The Morgan fingerprint density at radius 2 is 2.21 bits per heavy atom. The summed E-state index contributed by atoms with van der Waals surface area (Å²) in [6, 6.07) is 6.49. The highest BCUT2D eigenvalue weighted by atomic mass is 16.5. The van der Waals surface area contributed by atoms with Crippen LogP contribution in [0.15, 0.2) is 18.2 Å². The van der Waals surface area contributed by atoms with Gasteiger partial charge in [-0.3, -0.25) is 0 Å². The zero-order chi connectivity index (χ0) is 13.7. The van der Waals surface area contributed by atoms with Gasteiger partial charge in [-0.25, -0.2) is 0 Å². The van der Waals surface area contributed by atoms with Crippen molar-refractivity contribution < 1.29 is 9.47 Å². The lowest BCUT2D eigenvalue weighted by Crippen LogP contribution is -2.33. The number of ether oxygens (including phenoxy) is 2. The number of hydrogen-bond acceptors (Lipinski definition) is 3. The van der Waals surface area contributed by atoms with Crippen LogP contribution in [0.5, 0.6) is 11.5 Å². The molecule has 1 aliphatic rings. The lowest BCUT2D eigenvalue weighted by Gasteiger charge is -2.33. The van der Waals surface area contributed by atoms with Gasteiger partial charge in [0.1, 0.15) is 17.6 Å². The average molecular weight is 263 g/mol. The minimum Gasteiger partial charge on any atom is -0.497 e. The summed E-state index contributed by atoms with van der Waals surface area (Å²) in [4.78, 5) is 0. The smallest absolute Gasteiger partial charge is 0.124 e. The van der Waals surface area contributed by atoms with Crippen molar-refractivity contribution in [2.24, 2.45) is 0 Å². The van der Waals surface area contributed by atoms with E-state index in [1.54, 1.807) is 7.11 Å². The molecule has 0 bridgehead atoms. The standard InChI is InChI=1S/C16H25NO2/c1-4-6-7-13-11-15(17-5-2)14-10-12(18-3)8-9-16(14)19-13/h8-10,13,15,17H,4-7,11H2,1-3H3. The lowest BCUT2D eigenvalue weighted by molar-refractivity contribution is 0.138. The Balaban J connectivity index is 2.19. The third-order valence-corrected chi connectivity index (χ3v) is 3.71. The fraction of sp³-hybridized carbons (Fsp3) is 0.625. The highest BCUT2D eigenvalue weighted by Crippen LogP contribution is 2.38. The molecule has 0 aliphatic carbocycles. The molecule has 106 valence electrons. The van der Waals surface area contributed by atoms with Crippen LogP contribution in [0.4, 0.5) is 0 Å². The maximum absolute atomic E-state index is 6.11. The summed E-state index contributed by atoms with van der Waals surface area (Å²) in [6.45, 7) is 5.35. The third-order valence-electron chi connectivity index (χ3n) is 3.71. The van der Waals surface area contributed by atoms with Gasteiger partial charge in [0.2, 0.25) is 0 Å². The van der Waals surface area contributed by atoms with Gasteiger partial charge in [-0.2, -0.15) is 0 Å². The maximum Gasteiger partial charge on any atom is 0.124 e. The van der Waals surface area contributed by atoms with Crippen molar-refractivity contribution in [3.63, 3.8) is 0 Å². The van der Waals surface area contributed by atoms with Crippen molar-refractivity contribution in [1.29, 1.82) is 0 Å². The molecule has 0 saturated carbocycles. The highest BCUT2D eigenvalue weighted by Gasteiger charge is 2.27. The van der Waals surface area contributed by atoms with Crippen LogP contribution in [0.1, 0.15) is 51.1 Å². The Morgan fingerprint density at radius 1 is 1.37 bits per heavy atom. The molecule has 0 amide bonds. The molecule has 3 nitrogen and oxygen atoms in total. The van der Waals surface area contributed by atoms with Gasteiger partial charge >= 0.3 is 0 Å². The molecule has 1 aromatic carbocycles. The molecule has 2 unspecified atom stereocenters. The van der Waals surface area contributed by atoms with Crippen molar-refractivity contribution in [1.82, 2.24) is 5.32 Å². The van der Waals surface area contributed by atoms with E-state index in [2.05, 4.69) is 25.2 Å². The quantitative estimate of drug-likeness (QED) is 0.849.